The minimum Gasteiger partial charge on any atom is -0.377 e. The van der Waals surface area contributed by atoms with Gasteiger partial charge >= 0.3 is 0 Å². The van der Waals surface area contributed by atoms with Crippen LogP contribution < -0.4 is 0 Å². The van der Waals surface area contributed by atoms with Gasteiger partial charge in [0.1, 0.15) is 0 Å². The van der Waals surface area contributed by atoms with Gasteiger partial charge in [0.2, 0.25) is 0 Å². The van der Waals surface area contributed by atoms with Crippen LogP contribution in [0.3, 0.4) is 0 Å². The second-order valence-corrected chi connectivity index (χ2v) is 4.82. The molecule has 1 nitrogen and oxygen atoms in total. The van der Waals surface area contributed by atoms with Crippen LogP contribution in [0, 0.1) is 5.92 Å². The Morgan fingerprint density at radius 1 is 1.27 bits per heavy atom. The Morgan fingerprint density at radius 3 is 2.67 bits per heavy atom. The third kappa shape index (κ3) is 6.15. The smallest absolute Gasteiger partial charge is 0.0716 e. The van der Waals surface area contributed by atoms with Gasteiger partial charge in [0.05, 0.1) is 6.61 Å². The van der Waals surface area contributed by atoms with E-state index in [2.05, 4.69) is 53.8 Å². The van der Waals surface area contributed by atoms with Crippen molar-refractivity contribution in [3.8, 4) is 0 Å². The highest BCUT2D eigenvalue weighted by Crippen LogP contribution is 2.09. The molecular formula is C13H19IO. The van der Waals surface area contributed by atoms with Gasteiger partial charge in [0.15, 0.2) is 0 Å². The average Bonchev–Trinajstić information content (AvgIpc) is 2.29. The third-order valence-corrected chi connectivity index (χ3v) is 3.86. The lowest BCUT2D eigenvalue weighted by atomic mass is 10.1. The van der Waals surface area contributed by atoms with Gasteiger partial charge < -0.3 is 4.74 Å². The summed E-state index contributed by atoms with van der Waals surface area (Å²) in [5.74, 6) is 0.825. The molecule has 0 N–H and O–H groups in total. The van der Waals surface area contributed by atoms with E-state index in [1.54, 1.807) is 0 Å². The molecule has 1 aromatic carbocycles. The molecule has 0 saturated heterocycles. The van der Waals surface area contributed by atoms with Crippen molar-refractivity contribution >= 4 is 22.6 Å². The molecule has 0 bridgehead atoms. The first-order chi connectivity index (χ1) is 7.33. The molecule has 0 amide bonds. The number of rotatable bonds is 7. The molecular weight excluding hydrogens is 299 g/mol. The zero-order valence-electron chi connectivity index (χ0n) is 9.29. The maximum absolute atomic E-state index is 5.61. The van der Waals surface area contributed by atoms with E-state index in [9.17, 15) is 0 Å². The van der Waals surface area contributed by atoms with Gasteiger partial charge in [-0.2, -0.15) is 0 Å². The molecule has 0 spiro atoms. The normalized spacial score (nSPS) is 12.7. The standard InChI is InChI=1S/C13H19IO/c1-12(10-14)6-5-9-15-11-13-7-3-2-4-8-13/h2-4,7-8,12H,5-6,9-11H2,1H3/t12-/m1/s1. The summed E-state index contributed by atoms with van der Waals surface area (Å²) < 4.78 is 6.86. The van der Waals surface area contributed by atoms with Crippen LogP contribution in [0.5, 0.6) is 0 Å². The summed E-state index contributed by atoms with van der Waals surface area (Å²) in [4.78, 5) is 0. The van der Waals surface area contributed by atoms with Crippen LogP contribution in [-0.4, -0.2) is 11.0 Å². The first-order valence-corrected chi connectivity index (χ1v) is 7.03. The van der Waals surface area contributed by atoms with E-state index in [-0.39, 0.29) is 0 Å². The maximum atomic E-state index is 5.61. The van der Waals surface area contributed by atoms with Crippen LogP contribution in [0.4, 0.5) is 0 Å². The van der Waals surface area contributed by atoms with Gasteiger partial charge in [-0.05, 0) is 24.3 Å². The van der Waals surface area contributed by atoms with E-state index in [1.165, 1.54) is 22.8 Å². The molecule has 84 valence electrons. The number of halogens is 1. The van der Waals surface area contributed by atoms with Crippen molar-refractivity contribution in [3.05, 3.63) is 35.9 Å². The molecule has 1 rings (SSSR count). The highest BCUT2D eigenvalue weighted by molar-refractivity contribution is 14.1. The quantitative estimate of drug-likeness (QED) is 0.419. The average molecular weight is 318 g/mol. The summed E-state index contributed by atoms with van der Waals surface area (Å²) in [5.41, 5.74) is 1.26. The van der Waals surface area contributed by atoms with Crippen molar-refractivity contribution < 1.29 is 4.74 Å². The molecule has 0 aromatic heterocycles. The Labute approximate surface area is 106 Å². The molecule has 15 heavy (non-hydrogen) atoms. The van der Waals surface area contributed by atoms with Crippen LogP contribution in [0.1, 0.15) is 25.3 Å². The molecule has 0 fully saturated rings. The summed E-state index contributed by atoms with van der Waals surface area (Å²) in [6.07, 6.45) is 2.45. The zero-order valence-corrected chi connectivity index (χ0v) is 11.4. The first kappa shape index (κ1) is 13.0. The van der Waals surface area contributed by atoms with E-state index in [0.717, 1.165) is 19.1 Å². The number of benzene rings is 1. The van der Waals surface area contributed by atoms with Crippen molar-refractivity contribution in [2.24, 2.45) is 5.92 Å². The molecule has 1 atom stereocenters. The molecule has 0 radical (unpaired) electrons. The fraction of sp³-hybridized carbons (Fsp3) is 0.538. The SMILES string of the molecule is C[C@@H](CI)CCCOCc1ccccc1. The third-order valence-electron chi connectivity index (χ3n) is 2.36. The highest BCUT2D eigenvalue weighted by Gasteiger charge is 1.99. The Balaban J connectivity index is 2.03. The summed E-state index contributed by atoms with van der Waals surface area (Å²) in [5, 5.41) is 0. The first-order valence-electron chi connectivity index (χ1n) is 5.50. The lowest BCUT2D eigenvalue weighted by Crippen LogP contribution is -2.00. The van der Waals surface area contributed by atoms with Gasteiger partial charge in [-0.3, -0.25) is 0 Å². The van der Waals surface area contributed by atoms with Crippen LogP contribution in [-0.2, 0) is 11.3 Å². The van der Waals surface area contributed by atoms with E-state index in [0.29, 0.717) is 0 Å². The largest absolute Gasteiger partial charge is 0.377 e. The lowest BCUT2D eigenvalue weighted by Gasteiger charge is -2.07. The van der Waals surface area contributed by atoms with E-state index in [4.69, 9.17) is 4.74 Å². The maximum Gasteiger partial charge on any atom is 0.0716 e. The zero-order chi connectivity index (χ0) is 10.9. The van der Waals surface area contributed by atoms with Gasteiger partial charge in [0.25, 0.3) is 0 Å². The van der Waals surface area contributed by atoms with E-state index >= 15 is 0 Å². The Hall–Kier alpha value is -0.0900. The van der Waals surface area contributed by atoms with E-state index < -0.39 is 0 Å². The van der Waals surface area contributed by atoms with Crippen molar-refractivity contribution in [1.29, 1.82) is 0 Å². The van der Waals surface area contributed by atoms with Gasteiger partial charge in [-0.15, -0.1) is 0 Å². The predicted molar refractivity (Wildman–Crippen MR) is 73.4 cm³/mol. The molecule has 0 aliphatic heterocycles. The fourth-order valence-corrected chi connectivity index (χ4v) is 1.82. The minimum atomic E-state index is 0.749. The van der Waals surface area contributed by atoms with Crippen molar-refractivity contribution in [1.82, 2.24) is 0 Å². The fourth-order valence-electron chi connectivity index (χ4n) is 1.38. The number of alkyl halides is 1. The van der Waals surface area contributed by atoms with E-state index in [1.807, 2.05) is 6.07 Å². The Bertz CT molecular complexity index is 248. The second-order valence-electron chi connectivity index (χ2n) is 3.94. The Morgan fingerprint density at radius 2 is 2.00 bits per heavy atom. The number of ether oxygens (including phenoxy) is 1. The highest BCUT2D eigenvalue weighted by atomic mass is 127. The topological polar surface area (TPSA) is 9.23 Å². The van der Waals surface area contributed by atoms with Crippen LogP contribution in [0.15, 0.2) is 30.3 Å². The molecule has 0 aliphatic carbocycles. The molecule has 0 unspecified atom stereocenters. The van der Waals surface area contributed by atoms with Crippen molar-refractivity contribution in [2.75, 3.05) is 11.0 Å². The van der Waals surface area contributed by atoms with Crippen LogP contribution in [0.25, 0.3) is 0 Å². The molecule has 0 aliphatic rings. The van der Waals surface area contributed by atoms with Gasteiger partial charge in [-0.25, -0.2) is 0 Å². The summed E-state index contributed by atoms with van der Waals surface area (Å²) in [6.45, 7) is 3.93. The Kier molecular flexibility index (Phi) is 7.01. The second kappa shape index (κ2) is 8.11. The van der Waals surface area contributed by atoms with Gasteiger partial charge in [0, 0.05) is 11.0 Å². The van der Waals surface area contributed by atoms with Crippen molar-refractivity contribution in [2.45, 2.75) is 26.4 Å². The van der Waals surface area contributed by atoms with Gasteiger partial charge in [-0.1, -0.05) is 59.8 Å². The molecule has 0 heterocycles. The summed E-state index contributed by atoms with van der Waals surface area (Å²) in [6, 6.07) is 10.3. The predicted octanol–water partition coefficient (Wildman–Crippen LogP) is 4.05. The monoisotopic (exact) mass is 318 g/mol. The minimum absolute atomic E-state index is 0.749. The lowest BCUT2D eigenvalue weighted by molar-refractivity contribution is 0.115. The van der Waals surface area contributed by atoms with Crippen LogP contribution >= 0.6 is 22.6 Å². The summed E-state index contributed by atoms with van der Waals surface area (Å²) >= 11 is 2.44. The molecule has 2 heteroatoms. The number of hydrogen-bond acceptors (Lipinski definition) is 1. The number of hydrogen-bond donors (Lipinski definition) is 0. The van der Waals surface area contributed by atoms with Crippen LogP contribution in [0.2, 0.25) is 0 Å². The summed E-state index contributed by atoms with van der Waals surface area (Å²) in [7, 11) is 0. The molecule has 1 aromatic rings. The van der Waals surface area contributed by atoms with Crippen molar-refractivity contribution in [3.63, 3.8) is 0 Å². The molecule has 0 saturated carbocycles.